The first-order valence-electron chi connectivity index (χ1n) is 7.89. The van der Waals surface area contributed by atoms with Crippen molar-refractivity contribution in [2.75, 3.05) is 0 Å². The molecule has 0 aliphatic rings. The summed E-state index contributed by atoms with van der Waals surface area (Å²) in [7, 11) is 0. The highest BCUT2D eigenvalue weighted by Crippen LogP contribution is 2.17. The summed E-state index contributed by atoms with van der Waals surface area (Å²) in [6.07, 6.45) is 3.38. The number of carbonyl (C=O) groups is 1. The van der Waals surface area contributed by atoms with Gasteiger partial charge in [-0.1, -0.05) is 57.9 Å². The van der Waals surface area contributed by atoms with E-state index in [1.165, 1.54) is 5.56 Å². The third kappa shape index (κ3) is 4.89. The van der Waals surface area contributed by atoms with E-state index in [4.69, 9.17) is 0 Å². The molecule has 3 aromatic rings. The van der Waals surface area contributed by atoms with Crippen molar-refractivity contribution >= 4 is 44.0 Å². The number of hydrazone groups is 1. The molecule has 0 radical (unpaired) electrons. The predicted octanol–water partition coefficient (Wildman–Crippen LogP) is 4.53. The molecule has 1 aromatic heterocycles. The number of aryl methyl sites for hydroxylation is 1. The van der Waals surface area contributed by atoms with Crippen LogP contribution in [0.5, 0.6) is 0 Å². The Morgan fingerprint density at radius 3 is 2.54 bits per heavy atom. The monoisotopic (exact) mass is 474 g/mol. The van der Waals surface area contributed by atoms with Crippen LogP contribution in [0.4, 0.5) is 0 Å². The van der Waals surface area contributed by atoms with Crippen LogP contribution in [0.15, 0.2) is 68.8 Å². The fourth-order valence-electron chi connectivity index (χ4n) is 2.28. The second-order valence-corrected chi connectivity index (χ2v) is 7.53. The first-order valence-corrected chi connectivity index (χ1v) is 9.47. The molecule has 0 bridgehead atoms. The van der Waals surface area contributed by atoms with Gasteiger partial charge in [-0.25, -0.2) is 5.43 Å². The molecular formula is C19H16Br2N4O. The highest BCUT2D eigenvalue weighted by Gasteiger charge is 2.14. The van der Waals surface area contributed by atoms with Gasteiger partial charge in [0.2, 0.25) is 0 Å². The van der Waals surface area contributed by atoms with Gasteiger partial charge in [-0.3, -0.25) is 9.48 Å². The van der Waals surface area contributed by atoms with Crippen molar-refractivity contribution in [3.05, 3.63) is 86.1 Å². The zero-order chi connectivity index (χ0) is 18.5. The normalized spacial score (nSPS) is 11.0. The van der Waals surface area contributed by atoms with Crippen LogP contribution in [-0.4, -0.2) is 21.9 Å². The van der Waals surface area contributed by atoms with Gasteiger partial charge in [-0.15, -0.1) is 0 Å². The van der Waals surface area contributed by atoms with Crippen LogP contribution in [0.2, 0.25) is 0 Å². The topological polar surface area (TPSA) is 59.3 Å². The molecule has 0 fully saturated rings. The Balaban J connectivity index is 1.65. The fraction of sp³-hybridized carbons (Fsp3) is 0.105. The maximum absolute atomic E-state index is 12.3. The summed E-state index contributed by atoms with van der Waals surface area (Å²) in [5, 5.41) is 8.33. The van der Waals surface area contributed by atoms with Crippen molar-refractivity contribution in [2.45, 2.75) is 13.5 Å². The molecule has 0 aliphatic heterocycles. The van der Waals surface area contributed by atoms with Crippen molar-refractivity contribution in [1.29, 1.82) is 0 Å². The lowest BCUT2D eigenvalue weighted by atomic mass is 10.2. The Morgan fingerprint density at radius 1 is 1.15 bits per heavy atom. The molecule has 5 nitrogen and oxygen atoms in total. The van der Waals surface area contributed by atoms with E-state index in [0.717, 1.165) is 15.6 Å². The highest BCUT2D eigenvalue weighted by molar-refractivity contribution is 9.10. The summed E-state index contributed by atoms with van der Waals surface area (Å²) in [5.74, 6) is -0.366. The van der Waals surface area contributed by atoms with Gasteiger partial charge in [0.15, 0.2) is 5.69 Å². The molecule has 1 N–H and O–H groups in total. The average molecular weight is 476 g/mol. The predicted molar refractivity (Wildman–Crippen MR) is 109 cm³/mol. The molecule has 7 heteroatoms. The first kappa shape index (κ1) is 18.5. The van der Waals surface area contributed by atoms with E-state index < -0.39 is 0 Å². The average Bonchev–Trinajstić information content (AvgIpc) is 2.99. The third-order valence-corrected chi connectivity index (χ3v) is 4.76. The molecule has 0 saturated heterocycles. The number of halogens is 2. The molecule has 26 heavy (non-hydrogen) atoms. The minimum Gasteiger partial charge on any atom is -0.266 e. The van der Waals surface area contributed by atoms with Crippen molar-refractivity contribution in [2.24, 2.45) is 5.10 Å². The molecule has 0 unspecified atom stereocenters. The Labute approximate surface area is 168 Å². The van der Waals surface area contributed by atoms with E-state index in [2.05, 4.69) is 47.5 Å². The summed E-state index contributed by atoms with van der Waals surface area (Å²) in [6, 6.07) is 15.8. The Morgan fingerprint density at radius 2 is 1.85 bits per heavy atom. The molecule has 132 valence electrons. The summed E-state index contributed by atoms with van der Waals surface area (Å²) >= 11 is 6.80. The third-order valence-electron chi connectivity index (χ3n) is 3.65. The van der Waals surface area contributed by atoms with Gasteiger partial charge in [0.05, 0.1) is 17.2 Å². The van der Waals surface area contributed by atoms with Crippen molar-refractivity contribution in [3.8, 4) is 0 Å². The summed E-state index contributed by atoms with van der Waals surface area (Å²) in [4.78, 5) is 12.3. The van der Waals surface area contributed by atoms with Crippen LogP contribution in [0.25, 0.3) is 0 Å². The maximum atomic E-state index is 12.3. The van der Waals surface area contributed by atoms with Crippen molar-refractivity contribution in [3.63, 3.8) is 0 Å². The minimum atomic E-state index is -0.366. The maximum Gasteiger partial charge on any atom is 0.293 e. The minimum absolute atomic E-state index is 0.295. The van der Waals surface area contributed by atoms with Gasteiger partial charge in [0, 0.05) is 10.7 Å². The molecule has 1 amide bonds. The van der Waals surface area contributed by atoms with E-state index in [1.807, 2.05) is 55.5 Å². The lowest BCUT2D eigenvalue weighted by molar-refractivity contribution is 0.0948. The van der Waals surface area contributed by atoms with E-state index >= 15 is 0 Å². The largest absolute Gasteiger partial charge is 0.293 e. The zero-order valence-electron chi connectivity index (χ0n) is 14.0. The van der Waals surface area contributed by atoms with E-state index in [0.29, 0.717) is 16.7 Å². The SMILES string of the molecule is Cc1ccc(/C=N/NC(=O)c2nn(Cc3ccc(Br)cc3)cc2Br)cc1. The quantitative estimate of drug-likeness (QED) is 0.435. The molecule has 2 aromatic carbocycles. The molecule has 1 heterocycles. The lowest BCUT2D eigenvalue weighted by Gasteiger charge is -2.02. The lowest BCUT2D eigenvalue weighted by Crippen LogP contribution is -2.19. The van der Waals surface area contributed by atoms with Gasteiger partial charge >= 0.3 is 0 Å². The number of benzene rings is 2. The number of rotatable bonds is 5. The summed E-state index contributed by atoms with van der Waals surface area (Å²) in [6.45, 7) is 2.59. The van der Waals surface area contributed by atoms with Gasteiger partial charge in [-0.05, 0) is 46.1 Å². The summed E-state index contributed by atoms with van der Waals surface area (Å²) in [5.41, 5.74) is 5.98. The standard InChI is InChI=1S/C19H16Br2N4O/c1-13-2-4-14(5-3-13)10-22-23-19(26)18-17(21)12-25(24-18)11-15-6-8-16(20)9-7-15/h2-10,12H,11H2,1H3,(H,23,26)/b22-10+. The molecule has 0 atom stereocenters. The number of nitrogens with one attached hydrogen (secondary N) is 1. The second kappa shape index (κ2) is 8.42. The Kier molecular flexibility index (Phi) is 6.00. The van der Waals surface area contributed by atoms with Crippen molar-refractivity contribution < 1.29 is 4.79 Å². The van der Waals surface area contributed by atoms with Gasteiger partial charge in [-0.2, -0.15) is 10.2 Å². The second-order valence-electron chi connectivity index (χ2n) is 5.76. The van der Waals surface area contributed by atoms with Gasteiger partial charge in [0.25, 0.3) is 5.91 Å². The number of amides is 1. The fourth-order valence-corrected chi connectivity index (χ4v) is 3.04. The van der Waals surface area contributed by atoms with Crippen LogP contribution >= 0.6 is 31.9 Å². The van der Waals surface area contributed by atoms with Gasteiger partial charge in [0.1, 0.15) is 0 Å². The zero-order valence-corrected chi connectivity index (χ0v) is 17.2. The number of hydrogen-bond donors (Lipinski definition) is 1. The molecule has 0 spiro atoms. The number of nitrogens with zero attached hydrogens (tertiary/aromatic N) is 3. The molecule has 0 aliphatic carbocycles. The van der Waals surface area contributed by atoms with Crippen LogP contribution in [0.1, 0.15) is 27.2 Å². The smallest absolute Gasteiger partial charge is 0.266 e. The van der Waals surface area contributed by atoms with Crippen LogP contribution in [0, 0.1) is 6.92 Å². The van der Waals surface area contributed by atoms with E-state index in [1.54, 1.807) is 17.1 Å². The highest BCUT2D eigenvalue weighted by atomic mass is 79.9. The van der Waals surface area contributed by atoms with Crippen LogP contribution in [0.3, 0.4) is 0 Å². The summed E-state index contributed by atoms with van der Waals surface area (Å²) < 4.78 is 3.36. The van der Waals surface area contributed by atoms with Crippen molar-refractivity contribution in [1.82, 2.24) is 15.2 Å². The number of carbonyl (C=O) groups excluding carboxylic acids is 1. The Bertz CT molecular complexity index is 931. The van der Waals surface area contributed by atoms with Crippen LogP contribution in [-0.2, 0) is 6.54 Å². The van der Waals surface area contributed by atoms with E-state index in [-0.39, 0.29) is 5.91 Å². The Hall–Kier alpha value is -2.25. The first-order chi connectivity index (χ1) is 12.5. The number of hydrogen-bond acceptors (Lipinski definition) is 3. The molecular weight excluding hydrogens is 460 g/mol. The number of aromatic nitrogens is 2. The van der Waals surface area contributed by atoms with Crippen LogP contribution < -0.4 is 5.43 Å². The van der Waals surface area contributed by atoms with Gasteiger partial charge < -0.3 is 0 Å². The van der Waals surface area contributed by atoms with E-state index in [9.17, 15) is 4.79 Å². The molecule has 3 rings (SSSR count). The molecule has 0 saturated carbocycles.